The fraction of sp³-hybridized carbons (Fsp3) is 0.353. The fourth-order valence-electron chi connectivity index (χ4n) is 2.70. The minimum Gasteiger partial charge on any atom is -0.353 e. The first-order valence-electron chi connectivity index (χ1n) is 7.91. The molecule has 3 rings (SSSR count). The first-order chi connectivity index (χ1) is 11.6. The Morgan fingerprint density at radius 3 is 2.71 bits per heavy atom. The van der Waals surface area contributed by atoms with Crippen LogP contribution < -0.4 is 10.2 Å². The van der Waals surface area contributed by atoms with Crippen molar-refractivity contribution in [1.29, 1.82) is 0 Å². The summed E-state index contributed by atoms with van der Waals surface area (Å²) in [4.78, 5) is 24.9. The van der Waals surface area contributed by atoms with Gasteiger partial charge < -0.3 is 10.2 Å². The summed E-state index contributed by atoms with van der Waals surface area (Å²) in [6.45, 7) is 5.61. The number of hydrogen-bond donors (Lipinski definition) is 1. The summed E-state index contributed by atoms with van der Waals surface area (Å²) in [6.07, 6.45) is 5.13. The number of carbonyl (C=O) groups is 1. The predicted molar refractivity (Wildman–Crippen MR) is 95.5 cm³/mol. The van der Waals surface area contributed by atoms with Gasteiger partial charge in [-0.25, -0.2) is 4.98 Å². The molecular formula is C17H20ClN5O. The summed E-state index contributed by atoms with van der Waals surface area (Å²) in [5, 5.41) is 3.44. The van der Waals surface area contributed by atoms with Crippen LogP contribution in [0.5, 0.6) is 0 Å². The topological polar surface area (TPSA) is 61.4 Å². The summed E-state index contributed by atoms with van der Waals surface area (Å²) >= 11 is 6.16. The molecule has 0 atom stereocenters. The van der Waals surface area contributed by atoms with Crippen molar-refractivity contribution in [3.63, 3.8) is 0 Å². The Bertz CT molecular complexity index is 701. The maximum Gasteiger partial charge on any atom is 0.238 e. The lowest BCUT2D eigenvalue weighted by Gasteiger charge is -2.34. The second-order valence-electron chi connectivity index (χ2n) is 5.86. The van der Waals surface area contributed by atoms with Crippen LogP contribution in [0.3, 0.4) is 0 Å². The van der Waals surface area contributed by atoms with E-state index in [4.69, 9.17) is 11.6 Å². The lowest BCUT2D eigenvalue weighted by Crippen LogP contribution is -2.49. The third kappa shape index (κ3) is 4.21. The average molecular weight is 346 g/mol. The molecule has 1 fully saturated rings. The highest BCUT2D eigenvalue weighted by atomic mass is 35.5. The van der Waals surface area contributed by atoms with Crippen LogP contribution >= 0.6 is 11.6 Å². The summed E-state index contributed by atoms with van der Waals surface area (Å²) in [5.41, 5.74) is 1.73. The summed E-state index contributed by atoms with van der Waals surface area (Å²) in [5.74, 6) is 0.835. The SMILES string of the molecule is Cc1ccc(NC(=O)CN2CCN(c3cnccn3)CC2)c(Cl)c1. The van der Waals surface area contributed by atoms with Crippen molar-refractivity contribution in [3.05, 3.63) is 47.4 Å². The second kappa shape index (κ2) is 7.59. The van der Waals surface area contributed by atoms with Gasteiger partial charge in [0.15, 0.2) is 0 Å². The Morgan fingerprint density at radius 2 is 2.04 bits per heavy atom. The van der Waals surface area contributed by atoms with Crippen molar-refractivity contribution in [3.8, 4) is 0 Å². The maximum atomic E-state index is 12.2. The van der Waals surface area contributed by atoms with Crippen LogP contribution in [-0.2, 0) is 4.79 Å². The number of amides is 1. The number of carbonyl (C=O) groups excluding carboxylic acids is 1. The Hall–Kier alpha value is -2.18. The van der Waals surface area contributed by atoms with Gasteiger partial charge >= 0.3 is 0 Å². The third-order valence-corrected chi connectivity index (χ3v) is 4.32. The zero-order valence-corrected chi connectivity index (χ0v) is 14.3. The van der Waals surface area contributed by atoms with Crippen molar-refractivity contribution in [2.24, 2.45) is 0 Å². The molecule has 1 N–H and O–H groups in total. The van der Waals surface area contributed by atoms with E-state index in [2.05, 4.69) is 25.1 Å². The number of nitrogens with one attached hydrogen (secondary N) is 1. The van der Waals surface area contributed by atoms with Crippen molar-refractivity contribution in [2.75, 3.05) is 42.9 Å². The van der Waals surface area contributed by atoms with Gasteiger partial charge in [-0.15, -0.1) is 0 Å². The Morgan fingerprint density at radius 1 is 1.25 bits per heavy atom. The van der Waals surface area contributed by atoms with E-state index in [0.29, 0.717) is 17.3 Å². The van der Waals surface area contributed by atoms with E-state index < -0.39 is 0 Å². The number of aryl methyl sites for hydroxylation is 1. The standard InChI is InChI=1S/C17H20ClN5O/c1-13-2-3-15(14(18)10-13)21-17(24)12-22-6-8-23(9-7-22)16-11-19-4-5-20-16/h2-5,10-11H,6-9,12H2,1H3,(H,21,24). The highest BCUT2D eigenvalue weighted by Crippen LogP contribution is 2.22. The van der Waals surface area contributed by atoms with Crippen LogP contribution in [0.1, 0.15) is 5.56 Å². The number of benzene rings is 1. The molecule has 1 amide bonds. The van der Waals surface area contributed by atoms with Crippen LogP contribution in [0.4, 0.5) is 11.5 Å². The zero-order valence-electron chi connectivity index (χ0n) is 13.6. The molecule has 0 radical (unpaired) electrons. The van der Waals surface area contributed by atoms with E-state index >= 15 is 0 Å². The molecule has 24 heavy (non-hydrogen) atoms. The number of piperazine rings is 1. The molecule has 0 bridgehead atoms. The number of rotatable bonds is 4. The van der Waals surface area contributed by atoms with Crippen LogP contribution in [0, 0.1) is 6.92 Å². The van der Waals surface area contributed by atoms with Crippen molar-refractivity contribution in [1.82, 2.24) is 14.9 Å². The molecule has 1 aromatic heterocycles. The largest absolute Gasteiger partial charge is 0.353 e. The van der Waals surface area contributed by atoms with E-state index in [0.717, 1.165) is 37.6 Å². The molecule has 1 aliphatic heterocycles. The van der Waals surface area contributed by atoms with Gasteiger partial charge in [-0.1, -0.05) is 17.7 Å². The van der Waals surface area contributed by atoms with E-state index in [1.807, 2.05) is 25.1 Å². The average Bonchev–Trinajstić information content (AvgIpc) is 2.59. The predicted octanol–water partition coefficient (Wildman–Crippen LogP) is 2.20. The maximum absolute atomic E-state index is 12.2. The molecule has 6 nitrogen and oxygen atoms in total. The van der Waals surface area contributed by atoms with Crippen molar-refractivity contribution >= 4 is 29.0 Å². The molecule has 7 heteroatoms. The van der Waals surface area contributed by atoms with Gasteiger partial charge in [0.2, 0.25) is 5.91 Å². The van der Waals surface area contributed by atoms with Crippen LogP contribution in [0.15, 0.2) is 36.8 Å². The van der Waals surface area contributed by atoms with Crippen LogP contribution in [0.25, 0.3) is 0 Å². The summed E-state index contributed by atoms with van der Waals surface area (Å²) < 4.78 is 0. The van der Waals surface area contributed by atoms with Gasteiger partial charge in [0.25, 0.3) is 0 Å². The van der Waals surface area contributed by atoms with Gasteiger partial charge in [-0.2, -0.15) is 0 Å². The first kappa shape index (κ1) is 16.7. The Labute approximate surface area is 146 Å². The number of anilines is 2. The second-order valence-corrected chi connectivity index (χ2v) is 6.27. The van der Waals surface area contributed by atoms with Crippen LogP contribution in [-0.4, -0.2) is 53.5 Å². The molecule has 1 saturated heterocycles. The normalized spacial score (nSPS) is 15.3. The Balaban J connectivity index is 1.50. The molecule has 0 aliphatic carbocycles. The Kier molecular flexibility index (Phi) is 5.27. The minimum atomic E-state index is -0.0475. The molecule has 0 saturated carbocycles. The lowest BCUT2D eigenvalue weighted by atomic mass is 10.2. The molecule has 0 unspecified atom stereocenters. The molecule has 1 aromatic carbocycles. The first-order valence-corrected chi connectivity index (χ1v) is 8.29. The number of hydrogen-bond acceptors (Lipinski definition) is 5. The van der Waals surface area contributed by atoms with Gasteiger partial charge in [0.05, 0.1) is 23.5 Å². The molecule has 2 heterocycles. The molecular weight excluding hydrogens is 326 g/mol. The van der Waals surface area contributed by atoms with Crippen molar-refractivity contribution < 1.29 is 4.79 Å². The van der Waals surface area contributed by atoms with E-state index in [-0.39, 0.29) is 5.91 Å². The number of aromatic nitrogens is 2. The highest BCUT2D eigenvalue weighted by Gasteiger charge is 2.20. The smallest absolute Gasteiger partial charge is 0.238 e. The number of halogens is 1. The van der Waals surface area contributed by atoms with Gasteiger partial charge in [0, 0.05) is 38.6 Å². The quantitative estimate of drug-likeness (QED) is 0.920. The minimum absolute atomic E-state index is 0.0475. The van der Waals surface area contributed by atoms with Gasteiger partial charge in [0.1, 0.15) is 5.82 Å². The summed E-state index contributed by atoms with van der Waals surface area (Å²) in [7, 11) is 0. The molecule has 126 valence electrons. The van der Waals surface area contributed by atoms with E-state index in [9.17, 15) is 4.79 Å². The van der Waals surface area contributed by atoms with Gasteiger partial charge in [-0.3, -0.25) is 14.7 Å². The third-order valence-electron chi connectivity index (χ3n) is 4.01. The zero-order chi connectivity index (χ0) is 16.9. The van der Waals surface area contributed by atoms with Crippen molar-refractivity contribution in [2.45, 2.75) is 6.92 Å². The lowest BCUT2D eigenvalue weighted by molar-refractivity contribution is -0.117. The molecule has 1 aliphatic rings. The molecule has 0 spiro atoms. The molecule has 2 aromatic rings. The monoisotopic (exact) mass is 345 g/mol. The fourth-order valence-corrected chi connectivity index (χ4v) is 2.99. The van der Waals surface area contributed by atoms with E-state index in [1.165, 1.54) is 0 Å². The summed E-state index contributed by atoms with van der Waals surface area (Å²) in [6, 6.07) is 5.61. The van der Waals surface area contributed by atoms with E-state index in [1.54, 1.807) is 18.6 Å². The van der Waals surface area contributed by atoms with Crippen LogP contribution in [0.2, 0.25) is 5.02 Å². The number of nitrogens with zero attached hydrogens (tertiary/aromatic N) is 4. The highest BCUT2D eigenvalue weighted by molar-refractivity contribution is 6.33. The van der Waals surface area contributed by atoms with Gasteiger partial charge in [-0.05, 0) is 24.6 Å².